The number of nitrogens with one attached hydrogen (secondary N) is 2. The van der Waals surface area contributed by atoms with Crippen LogP contribution in [0.25, 0.3) is 0 Å². The first-order valence-electron chi connectivity index (χ1n) is 4.13. The van der Waals surface area contributed by atoms with Crippen molar-refractivity contribution in [3.63, 3.8) is 0 Å². The Morgan fingerprint density at radius 1 is 1.43 bits per heavy atom. The van der Waals surface area contributed by atoms with E-state index in [1.807, 2.05) is 13.2 Å². The van der Waals surface area contributed by atoms with Gasteiger partial charge in [-0.25, -0.2) is 0 Å². The van der Waals surface area contributed by atoms with Gasteiger partial charge < -0.3 is 5.32 Å². The fourth-order valence-corrected chi connectivity index (χ4v) is 1.04. The highest BCUT2D eigenvalue weighted by Gasteiger charge is 1.99. The number of aryl methyl sites for hydroxylation is 1. The molecule has 0 aromatic carbocycles. The molecule has 2 rings (SSSR count). The molecule has 2 N–H and O–H groups in total. The van der Waals surface area contributed by atoms with Crippen LogP contribution in [0.3, 0.4) is 0 Å². The molecular weight excluding hydrogens is 184 g/mol. The number of H-pyrrole nitrogens is 1. The Bertz CT molecular complexity index is 376. The summed E-state index contributed by atoms with van der Waals surface area (Å²) in [7, 11) is 1.83. The lowest BCUT2D eigenvalue weighted by molar-refractivity contribution is 0.650. The van der Waals surface area contributed by atoms with E-state index in [9.17, 15) is 0 Å². The number of aromatic amines is 1. The molecule has 8 nitrogen and oxygen atoms in total. The maximum absolute atomic E-state index is 3.92. The molecule has 0 atom stereocenters. The van der Waals surface area contributed by atoms with E-state index in [1.54, 1.807) is 4.68 Å². The van der Waals surface area contributed by atoms with Gasteiger partial charge in [0.05, 0.1) is 12.2 Å². The third-order valence-corrected chi connectivity index (χ3v) is 1.63. The van der Waals surface area contributed by atoms with Gasteiger partial charge in [-0.05, 0) is 0 Å². The van der Waals surface area contributed by atoms with E-state index in [0.717, 1.165) is 5.69 Å². The maximum Gasteiger partial charge on any atom is 0.188 e. The number of nitrogens with zero attached hydrogens (tertiary/aromatic N) is 6. The molecule has 0 unspecified atom stereocenters. The van der Waals surface area contributed by atoms with Crippen molar-refractivity contribution < 1.29 is 0 Å². The Labute approximate surface area is 79.7 Å². The molecule has 74 valence electrons. The molecule has 2 aromatic heterocycles. The minimum atomic E-state index is 0.563. The summed E-state index contributed by atoms with van der Waals surface area (Å²) in [5, 5.41) is 24.3. The van der Waals surface area contributed by atoms with E-state index < -0.39 is 0 Å². The zero-order valence-corrected chi connectivity index (χ0v) is 7.67. The topological polar surface area (TPSA) is 97.2 Å². The van der Waals surface area contributed by atoms with Crippen LogP contribution in [0.2, 0.25) is 0 Å². The minimum absolute atomic E-state index is 0.563. The highest BCUT2D eigenvalue weighted by molar-refractivity contribution is 4.91. The number of aromatic nitrogens is 7. The fourth-order valence-electron chi connectivity index (χ4n) is 1.04. The second-order valence-electron chi connectivity index (χ2n) is 2.82. The molecule has 0 saturated heterocycles. The summed E-state index contributed by atoms with van der Waals surface area (Å²) in [6.45, 7) is 1.20. The van der Waals surface area contributed by atoms with Crippen LogP contribution in [0.4, 0.5) is 0 Å². The zero-order valence-electron chi connectivity index (χ0n) is 7.67. The average Bonchev–Trinajstić information content (AvgIpc) is 2.77. The van der Waals surface area contributed by atoms with Gasteiger partial charge in [0.2, 0.25) is 0 Å². The highest BCUT2D eigenvalue weighted by atomic mass is 15.5. The summed E-state index contributed by atoms with van der Waals surface area (Å²) in [6, 6.07) is 0. The van der Waals surface area contributed by atoms with E-state index in [-0.39, 0.29) is 0 Å². The van der Waals surface area contributed by atoms with Crippen molar-refractivity contribution in [1.82, 2.24) is 40.9 Å². The van der Waals surface area contributed by atoms with Gasteiger partial charge in [0, 0.05) is 19.8 Å². The Morgan fingerprint density at radius 3 is 3.00 bits per heavy atom. The lowest BCUT2D eigenvalue weighted by Crippen LogP contribution is -2.14. The molecule has 0 aliphatic carbocycles. The van der Waals surface area contributed by atoms with Gasteiger partial charge in [-0.3, -0.25) is 4.68 Å². The quantitative estimate of drug-likeness (QED) is 0.622. The van der Waals surface area contributed by atoms with Crippen LogP contribution >= 0.6 is 0 Å². The first-order valence-corrected chi connectivity index (χ1v) is 4.13. The van der Waals surface area contributed by atoms with Crippen LogP contribution in [0, 0.1) is 0 Å². The van der Waals surface area contributed by atoms with Crippen LogP contribution in [-0.2, 0) is 20.1 Å². The lowest BCUT2D eigenvalue weighted by Gasteiger charge is -1.95. The van der Waals surface area contributed by atoms with Gasteiger partial charge in [0.15, 0.2) is 5.82 Å². The zero-order chi connectivity index (χ0) is 9.80. The van der Waals surface area contributed by atoms with Crippen molar-refractivity contribution in [2.24, 2.45) is 7.05 Å². The Morgan fingerprint density at radius 2 is 2.36 bits per heavy atom. The first-order chi connectivity index (χ1) is 6.84. The molecule has 14 heavy (non-hydrogen) atoms. The van der Waals surface area contributed by atoms with Gasteiger partial charge in [0.1, 0.15) is 0 Å². The molecule has 0 radical (unpaired) electrons. The number of tetrazole rings is 1. The fraction of sp³-hybridized carbons (Fsp3) is 0.500. The SMILES string of the molecule is Cn1cc(CNCc2nn[nH]n2)nn1. The van der Waals surface area contributed by atoms with Crippen LogP contribution in [0.1, 0.15) is 11.5 Å². The molecule has 0 aliphatic heterocycles. The second-order valence-corrected chi connectivity index (χ2v) is 2.82. The van der Waals surface area contributed by atoms with Crippen molar-refractivity contribution in [3.05, 3.63) is 17.7 Å². The summed E-state index contributed by atoms with van der Waals surface area (Å²) >= 11 is 0. The number of hydrogen-bond acceptors (Lipinski definition) is 6. The molecule has 2 aromatic rings. The molecular formula is C6H10N8. The van der Waals surface area contributed by atoms with E-state index in [2.05, 4.69) is 36.3 Å². The summed E-state index contributed by atoms with van der Waals surface area (Å²) in [5.41, 5.74) is 0.885. The average molecular weight is 194 g/mol. The molecule has 0 bridgehead atoms. The Hall–Kier alpha value is -1.83. The van der Waals surface area contributed by atoms with Gasteiger partial charge >= 0.3 is 0 Å². The molecule has 0 saturated carbocycles. The van der Waals surface area contributed by atoms with Crippen molar-refractivity contribution in [1.29, 1.82) is 0 Å². The molecule has 0 fully saturated rings. The lowest BCUT2D eigenvalue weighted by atomic mass is 10.4. The van der Waals surface area contributed by atoms with Crippen molar-refractivity contribution >= 4 is 0 Å². The summed E-state index contributed by atoms with van der Waals surface area (Å²) < 4.78 is 1.66. The number of hydrogen-bond donors (Lipinski definition) is 2. The molecule has 0 aliphatic rings. The number of rotatable bonds is 4. The Balaban J connectivity index is 1.78. The summed E-state index contributed by atoms with van der Waals surface area (Å²) in [5.74, 6) is 0.633. The van der Waals surface area contributed by atoms with Gasteiger partial charge in [-0.2, -0.15) is 5.21 Å². The van der Waals surface area contributed by atoms with Crippen LogP contribution < -0.4 is 5.32 Å². The van der Waals surface area contributed by atoms with E-state index >= 15 is 0 Å². The van der Waals surface area contributed by atoms with Gasteiger partial charge in [-0.1, -0.05) is 10.4 Å². The van der Waals surface area contributed by atoms with Crippen LogP contribution in [0.5, 0.6) is 0 Å². The first kappa shape index (κ1) is 8.75. The van der Waals surface area contributed by atoms with E-state index in [4.69, 9.17) is 0 Å². The van der Waals surface area contributed by atoms with Crippen LogP contribution in [0.15, 0.2) is 6.20 Å². The van der Waals surface area contributed by atoms with E-state index in [0.29, 0.717) is 18.9 Å². The molecule has 0 spiro atoms. The summed E-state index contributed by atoms with van der Waals surface area (Å²) in [6.07, 6.45) is 1.85. The van der Waals surface area contributed by atoms with Gasteiger partial charge in [-0.15, -0.1) is 15.3 Å². The molecule has 2 heterocycles. The molecule has 0 amide bonds. The van der Waals surface area contributed by atoms with Crippen molar-refractivity contribution in [3.8, 4) is 0 Å². The predicted molar refractivity (Wildman–Crippen MR) is 45.7 cm³/mol. The van der Waals surface area contributed by atoms with Crippen molar-refractivity contribution in [2.45, 2.75) is 13.1 Å². The second kappa shape index (κ2) is 3.92. The smallest absolute Gasteiger partial charge is 0.188 e. The third kappa shape index (κ3) is 2.10. The van der Waals surface area contributed by atoms with Gasteiger partial charge in [0.25, 0.3) is 0 Å². The normalized spacial score (nSPS) is 10.6. The minimum Gasteiger partial charge on any atom is -0.304 e. The third-order valence-electron chi connectivity index (χ3n) is 1.63. The highest BCUT2D eigenvalue weighted by Crippen LogP contribution is 1.90. The largest absolute Gasteiger partial charge is 0.304 e. The summed E-state index contributed by atoms with van der Waals surface area (Å²) in [4.78, 5) is 0. The van der Waals surface area contributed by atoms with Crippen molar-refractivity contribution in [2.75, 3.05) is 0 Å². The Kier molecular flexibility index (Phi) is 2.45. The maximum atomic E-state index is 3.92. The standard InChI is InChI=1S/C6H10N8/c1-14-4-5(8-13-14)2-7-3-6-9-11-12-10-6/h4,7H,2-3H2,1H3,(H,9,10,11,12). The molecule has 8 heteroatoms. The van der Waals surface area contributed by atoms with Crippen LogP contribution in [-0.4, -0.2) is 35.6 Å². The van der Waals surface area contributed by atoms with E-state index in [1.165, 1.54) is 0 Å². The predicted octanol–water partition coefficient (Wildman–Crippen LogP) is -1.38. The monoisotopic (exact) mass is 194 g/mol.